The Hall–Kier alpha value is 0.130. The molecule has 1 N–H and O–H groups in total. The van der Waals surface area contributed by atoms with Crippen molar-refractivity contribution in [2.24, 2.45) is 0 Å². The van der Waals surface area contributed by atoms with Crippen LogP contribution in [-0.2, 0) is 0 Å². The number of benzene rings is 1. The summed E-state index contributed by atoms with van der Waals surface area (Å²) in [6, 6.07) is 8.66. The second-order valence-electron chi connectivity index (χ2n) is 4.66. The van der Waals surface area contributed by atoms with Crippen molar-refractivity contribution in [2.75, 3.05) is 6.54 Å². The molecule has 1 nitrogen and oxygen atoms in total. The SMILES string of the molecule is CCCNC(c1cc(Cl)c(Br)s1)c1ccc(Br)cc1C. The third-order valence-electron chi connectivity index (χ3n) is 3.09. The molecule has 2 aromatic rings. The number of nitrogens with one attached hydrogen (secondary N) is 1. The van der Waals surface area contributed by atoms with Gasteiger partial charge in [0, 0.05) is 9.35 Å². The Morgan fingerprint density at radius 3 is 2.60 bits per heavy atom. The maximum absolute atomic E-state index is 6.19. The van der Waals surface area contributed by atoms with Gasteiger partial charge in [-0.05, 0) is 65.1 Å². The van der Waals surface area contributed by atoms with Crippen LogP contribution >= 0.6 is 54.8 Å². The summed E-state index contributed by atoms with van der Waals surface area (Å²) in [7, 11) is 0. The average Bonchev–Trinajstić information content (AvgIpc) is 2.72. The van der Waals surface area contributed by atoms with E-state index >= 15 is 0 Å². The van der Waals surface area contributed by atoms with Crippen molar-refractivity contribution in [1.29, 1.82) is 0 Å². The van der Waals surface area contributed by atoms with E-state index in [1.165, 1.54) is 16.0 Å². The van der Waals surface area contributed by atoms with Gasteiger partial charge in [0.15, 0.2) is 0 Å². The van der Waals surface area contributed by atoms with Gasteiger partial charge < -0.3 is 5.32 Å². The lowest BCUT2D eigenvalue weighted by molar-refractivity contribution is 0.603. The number of hydrogen-bond donors (Lipinski definition) is 1. The molecule has 0 spiro atoms. The molecule has 20 heavy (non-hydrogen) atoms. The minimum Gasteiger partial charge on any atom is -0.306 e. The second-order valence-corrected chi connectivity index (χ2v) is 8.38. The third kappa shape index (κ3) is 3.86. The molecule has 2 rings (SSSR count). The Labute approximate surface area is 146 Å². The van der Waals surface area contributed by atoms with E-state index in [1.54, 1.807) is 11.3 Å². The van der Waals surface area contributed by atoms with E-state index in [0.717, 1.165) is 26.2 Å². The van der Waals surface area contributed by atoms with Gasteiger partial charge >= 0.3 is 0 Å². The summed E-state index contributed by atoms with van der Waals surface area (Å²) in [5.41, 5.74) is 2.57. The van der Waals surface area contributed by atoms with Crippen LogP contribution in [0, 0.1) is 6.92 Å². The normalized spacial score (nSPS) is 12.7. The molecule has 0 bridgehead atoms. The standard InChI is InChI=1S/C15H16Br2ClNS/c1-3-6-19-14(13-8-12(18)15(17)20-13)11-5-4-10(16)7-9(11)2/h4-5,7-8,14,19H,3,6H2,1-2H3. The van der Waals surface area contributed by atoms with E-state index < -0.39 is 0 Å². The summed E-state index contributed by atoms with van der Waals surface area (Å²) in [6.45, 7) is 5.30. The molecule has 1 atom stereocenters. The molecule has 0 aliphatic rings. The van der Waals surface area contributed by atoms with Crippen LogP contribution in [0.5, 0.6) is 0 Å². The van der Waals surface area contributed by atoms with E-state index in [1.807, 2.05) is 6.07 Å². The van der Waals surface area contributed by atoms with E-state index in [4.69, 9.17) is 11.6 Å². The fourth-order valence-corrected chi connectivity index (χ4v) is 4.44. The van der Waals surface area contributed by atoms with Crippen LogP contribution in [0.25, 0.3) is 0 Å². The average molecular weight is 438 g/mol. The molecule has 1 heterocycles. The summed E-state index contributed by atoms with van der Waals surface area (Å²) in [5.74, 6) is 0. The van der Waals surface area contributed by atoms with Gasteiger partial charge in [0.05, 0.1) is 14.9 Å². The molecule has 0 saturated heterocycles. The Bertz CT molecular complexity index is 578. The number of halogens is 3. The molecule has 1 aromatic heterocycles. The molecule has 0 aliphatic heterocycles. The minimum absolute atomic E-state index is 0.192. The van der Waals surface area contributed by atoms with Gasteiger partial charge in [-0.15, -0.1) is 11.3 Å². The number of hydrogen-bond acceptors (Lipinski definition) is 2. The Morgan fingerprint density at radius 2 is 2.05 bits per heavy atom. The number of rotatable bonds is 5. The predicted octanol–water partition coefficient (Wildman–Crippen LogP) is 6.32. The molecule has 0 fully saturated rings. The lowest BCUT2D eigenvalue weighted by Crippen LogP contribution is -2.23. The molecule has 1 aromatic carbocycles. The van der Waals surface area contributed by atoms with Crippen LogP contribution in [0.2, 0.25) is 5.02 Å². The third-order valence-corrected chi connectivity index (χ3v) is 6.12. The maximum Gasteiger partial charge on any atom is 0.0888 e. The largest absolute Gasteiger partial charge is 0.306 e. The maximum atomic E-state index is 6.19. The van der Waals surface area contributed by atoms with Crippen molar-refractivity contribution >= 4 is 54.8 Å². The molecule has 5 heteroatoms. The highest BCUT2D eigenvalue weighted by molar-refractivity contribution is 9.11. The van der Waals surface area contributed by atoms with Gasteiger partial charge in [-0.25, -0.2) is 0 Å². The van der Waals surface area contributed by atoms with Gasteiger partial charge in [0.2, 0.25) is 0 Å². The van der Waals surface area contributed by atoms with E-state index in [9.17, 15) is 0 Å². The fourth-order valence-electron chi connectivity index (χ4n) is 2.12. The Morgan fingerprint density at radius 1 is 1.30 bits per heavy atom. The molecule has 1 unspecified atom stereocenters. The zero-order valence-electron chi connectivity index (χ0n) is 11.3. The summed E-state index contributed by atoms with van der Waals surface area (Å²) >= 11 is 14.9. The monoisotopic (exact) mass is 435 g/mol. The van der Waals surface area contributed by atoms with Crippen LogP contribution in [0.1, 0.15) is 35.4 Å². The van der Waals surface area contributed by atoms with Crippen LogP contribution in [0.15, 0.2) is 32.5 Å². The Kier molecular flexibility index (Phi) is 6.11. The minimum atomic E-state index is 0.192. The zero-order chi connectivity index (χ0) is 14.7. The first-order chi connectivity index (χ1) is 9.52. The lowest BCUT2D eigenvalue weighted by Gasteiger charge is -2.20. The van der Waals surface area contributed by atoms with Gasteiger partial charge in [-0.1, -0.05) is 40.5 Å². The van der Waals surface area contributed by atoms with Crippen LogP contribution < -0.4 is 5.32 Å². The van der Waals surface area contributed by atoms with Crippen molar-refractivity contribution in [3.05, 3.63) is 53.6 Å². The molecule has 0 saturated carbocycles. The summed E-state index contributed by atoms with van der Waals surface area (Å²) in [4.78, 5) is 1.24. The first-order valence-corrected chi connectivity index (χ1v) is 9.25. The van der Waals surface area contributed by atoms with Crippen molar-refractivity contribution in [3.63, 3.8) is 0 Å². The van der Waals surface area contributed by atoms with Gasteiger partial charge in [-0.3, -0.25) is 0 Å². The smallest absolute Gasteiger partial charge is 0.0888 e. The van der Waals surface area contributed by atoms with Crippen molar-refractivity contribution < 1.29 is 0 Å². The van der Waals surface area contributed by atoms with Crippen molar-refractivity contribution in [3.8, 4) is 0 Å². The molecular weight excluding hydrogens is 422 g/mol. The number of thiophene rings is 1. The first-order valence-electron chi connectivity index (χ1n) is 6.47. The van der Waals surface area contributed by atoms with Crippen molar-refractivity contribution in [1.82, 2.24) is 5.32 Å². The predicted molar refractivity (Wildman–Crippen MR) is 96.0 cm³/mol. The molecule has 0 radical (unpaired) electrons. The van der Waals surface area contributed by atoms with Crippen molar-refractivity contribution in [2.45, 2.75) is 26.3 Å². The molecule has 108 valence electrons. The summed E-state index contributed by atoms with van der Waals surface area (Å²) in [5, 5.41) is 4.40. The summed E-state index contributed by atoms with van der Waals surface area (Å²) < 4.78 is 2.10. The van der Waals surface area contributed by atoms with Crippen LogP contribution in [-0.4, -0.2) is 6.54 Å². The van der Waals surface area contributed by atoms with E-state index in [2.05, 4.69) is 69.2 Å². The highest BCUT2D eigenvalue weighted by Gasteiger charge is 2.19. The Balaban J connectivity index is 2.41. The lowest BCUT2D eigenvalue weighted by atomic mass is 10.00. The fraction of sp³-hybridized carbons (Fsp3) is 0.333. The van der Waals surface area contributed by atoms with Crippen LogP contribution in [0.3, 0.4) is 0 Å². The van der Waals surface area contributed by atoms with Crippen LogP contribution in [0.4, 0.5) is 0 Å². The molecule has 0 amide bonds. The molecular formula is C15H16Br2ClNS. The quantitative estimate of drug-likeness (QED) is 0.577. The topological polar surface area (TPSA) is 12.0 Å². The summed E-state index contributed by atoms with van der Waals surface area (Å²) in [6.07, 6.45) is 1.10. The highest BCUT2D eigenvalue weighted by atomic mass is 79.9. The molecule has 0 aliphatic carbocycles. The van der Waals surface area contributed by atoms with E-state index in [-0.39, 0.29) is 6.04 Å². The van der Waals surface area contributed by atoms with Gasteiger partial charge in [-0.2, -0.15) is 0 Å². The van der Waals surface area contributed by atoms with Gasteiger partial charge in [0.1, 0.15) is 0 Å². The van der Waals surface area contributed by atoms with E-state index in [0.29, 0.717) is 0 Å². The first kappa shape index (κ1) is 16.5. The number of aryl methyl sites for hydroxylation is 1. The highest BCUT2D eigenvalue weighted by Crippen LogP contribution is 2.38. The van der Waals surface area contributed by atoms with Gasteiger partial charge in [0.25, 0.3) is 0 Å². The zero-order valence-corrected chi connectivity index (χ0v) is 16.1. The second kappa shape index (κ2) is 7.41.